The van der Waals surface area contributed by atoms with E-state index in [9.17, 15) is 9.18 Å². The van der Waals surface area contributed by atoms with Crippen molar-refractivity contribution in [2.45, 2.75) is 24.7 Å². The van der Waals surface area contributed by atoms with Crippen molar-refractivity contribution in [3.63, 3.8) is 0 Å². The number of benzene rings is 2. The first-order valence-corrected chi connectivity index (χ1v) is 8.14. The maximum absolute atomic E-state index is 13.0. The fourth-order valence-electron chi connectivity index (χ4n) is 2.64. The highest BCUT2D eigenvalue weighted by atomic mass is 79.9. The minimum absolute atomic E-state index is 0.00305. The van der Waals surface area contributed by atoms with Crippen LogP contribution < -0.4 is 5.32 Å². The van der Waals surface area contributed by atoms with Crippen molar-refractivity contribution < 1.29 is 9.18 Å². The largest absolute Gasteiger partial charge is 0.355 e. The molecule has 0 spiro atoms. The third-order valence-electron chi connectivity index (χ3n) is 4.21. The molecule has 0 unspecified atom stereocenters. The first kappa shape index (κ1) is 15.2. The summed E-state index contributed by atoms with van der Waals surface area (Å²) in [5, 5.41) is 3.02. The zero-order chi connectivity index (χ0) is 15.6. The maximum Gasteiger partial charge on any atom is 0.224 e. The number of amides is 1. The number of rotatable bonds is 5. The summed E-state index contributed by atoms with van der Waals surface area (Å²) in [5.74, 6) is -0.200. The van der Waals surface area contributed by atoms with Crippen LogP contribution in [-0.4, -0.2) is 12.5 Å². The molecule has 2 nitrogen and oxygen atoms in total. The highest BCUT2D eigenvalue weighted by Gasteiger charge is 2.44. The lowest BCUT2D eigenvalue weighted by molar-refractivity contribution is -0.120. The average Bonchev–Trinajstić information content (AvgIpc) is 3.30. The molecule has 0 atom stereocenters. The van der Waals surface area contributed by atoms with Crippen LogP contribution in [0.5, 0.6) is 0 Å². The molecule has 1 aliphatic rings. The van der Waals surface area contributed by atoms with Crippen LogP contribution in [0.25, 0.3) is 0 Å². The van der Waals surface area contributed by atoms with E-state index in [2.05, 4.69) is 21.2 Å². The molecular weight excluding hydrogens is 345 g/mol. The molecule has 1 fully saturated rings. The van der Waals surface area contributed by atoms with Gasteiger partial charge in [-0.2, -0.15) is 0 Å². The summed E-state index contributed by atoms with van der Waals surface area (Å²) < 4.78 is 14.0. The van der Waals surface area contributed by atoms with Gasteiger partial charge < -0.3 is 5.32 Å². The minimum atomic E-state index is -0.223. The van der Waals surface area contributed by atoms with Crippen LogP contribution in [0, 0.1) is 5.82 Å². The van der Waals surface area contributed by atoms with E-state index >= 15 is 0 Å². The van der Waals surface area contributed by atoms with Crippen molar-refractivity contribution in [1.82, 2.24) is 5.32 Å². The van der Waals surface area contributed by atoms with Gasteiger partial charge in [-0.25, -0.2) is 4.39 Å². The van der Waals surface area contributed by atoms with Gasteiger partial charge in [0.1, 0.15) is 5.82 Å². The minimum Gasteiger partial charge on any atom is -0.355 e. The van der Waals surface area contributed by atoms with Gasteiger partial charge in [-0.15, -0.1) is 0 Å². The van der Waals surface area contributed by atoms with Gasteiger partial charge in [-0.1, -0.05) is 40.2 Å². The molecule has 1 amide bonds. The number of nitrogens with one attached hydrogen (secondary N) is 1. The van der Waals surface area contributed by atoms with E-state index in [1.165, 1.54) is 12.1 Å². The Balaban J connectivity index is 1.56. The Bertz CT molecular complexity index is 662. The highest BCUT2D eigenvalue weighted by Crippen LogP contribution is 2.47. The van der Waals surface area contributed by atoms with Crippen LogP contribution in [0.3, 0.4) is 0 Å². The molecule has 0 aromatic heterocycles. The smallest absolute Gasteiger partial charge is 0.224 e. The topological polar surface area (TPSA) is 29.1 Å². The Morgan fingerprint density at radius 3 is 2.32 bits per heavy atom. The molecule has 0 bridgehead atoms. The van der Waals surface area contributed by atoms with E-state index in [4.69, 9.17) is 0 Å². The summed E-state index contributed by atoms with van der Waals surface area (Å²) in [6.45, 7) is 0.619. The Hall–Kier alpha value is -1.68. The Morgan fingerprint density at radius 2 is 1.73 bits per heavy atom. The molecule has 2 aromatic rings. The predicted molar refractivity (Wildman–Crippen MR) is 88.2 cm³/mol. The van der Waals surface area contributed by atoms with Gasteiger partial charge in [0, 0.05) is 16.4 Å². The highest BCUT2D eigenvalue weighted by molar-refractivity contribution is 9.10. The molecule has 1 N–H and O–H groups in total. The van der Waals surface area contributed by atoms with Crippen LogP contribution in [0.15, 0.2) is 53.0 Å². The van der Waals surface area contributed by atoms with Crippen LogP contribution >= 0.6 is 15.9 Å². The van der Waals surface area contributed by atoms with Crippen molar-refractivity contribution in [2.24, 2.45) is 0 Å². The second kappa shape index (κ2) is 6.21. The van der Waals surface area contributed by atoms with E-state index in [1.54, 1.807) is 0 Å². The number of hydrogen-bond donors (Lipinski definition) is 1. The van der Waals surface area contributed by atoms with Gasteiger partial charge >= 0.3 is 0 Å². The summed E-state index contributed by atoms with van der Waals surface area (Å²) in [4.78, 5) is 12.1. The van der Waals surface area contributed by atoms with Gasteiger partial charge in [0.15, 0.2) is 0 Å². The van der Waals surface area contributed by atoms with Crippen molar-refractivity contribution in [3.05, 3.63) is 69.9 Å². The molecule has 3 rings (SSSR count). The Morgan fingerprint density at radius 1 is 1.09 bits per heavy atom. The lowest BCUT2D eigenvalue weighted by Gasteiger charge is -2.16. The van der Waals surface area contributed by atoms with Crippen LogP contribution in [-0.2, 0) is 16.6 Å². The lowest BCUT2D eigenvalue weighted by Crippen LogP contribution is -2.33. The molecule has 22 heavy (non-hydrogen) atoms. The SMILES string of the molecule is O=C(Cc1ccc(Br)cc1)NCC1(c2ccc(F)cc2)CC1. The molecule has 1 aliphatic carbocycles. The molecule has 0 heterocycles. The second-order valence-electron chi connectivity index (χ2n) is 5.87. The molecule has 114 valence electrons. The van der Waals surface area contributed by atoms with Crippen LogP contribution in [0.2, 0.25) is 0 Å². The molecule has 0 saturated heterocycles. The zero-order valence-corrected chi connectivity index (χ0v) is 13.7. The Labute approximate surface area is 137 Å². The molecule has 2 aromatic carbocycles. The number of hydrogen-bond acceptors (Lipinski definition) is 1. The maximum atomic E-state index is 13.0. The first-order chi connectivity index (χ1) is 10.6. The summed E-state index contributed by atoms with van der Waals surface area (Å²) in [5.41, 5.74) is 2.11. The molecule has 1 saturated carbocycles. The van der Waals surface area contributed by atoms with Crippen LogP contribution in [0.1, 0.15) is 24.0 Å². The Kier molecular flexibility index (Phi) is 4.30. The average molecular weight is 362 g/mol. The second-order valence-corrected chi connectivity index (χ2v) is 6.78. The third kappa shape index (κ3) is 3.55. The fraction of sp³-hybridized carbons (Fsp3) is 0.278. The third-order valence-corrected chi connectivity index (χ3v) is 4.74. The zero-order valence-electron chi connectivity index (χ0n) is 12.1. The van der Waals surface area contributed by atoms with Gasteiger partial charge in [-0.3, -0.25) is 4.79 Å². The molecule has 0 radical (unpaired) electrons. The summed E-state index contributed by atoms with van der Waals surface area (Å²) in [7, 11) is 0. The normalized spacial score (nSPS) is 15.4. The van der Waals surface area contributed by atoms with E-state index in [-0.39, 0.29) is 17.1 Å². The summed E-state index contributed by atoms with van der Waals surface area (Å²) in [6, 6.07) is 14.4. The molecular formula is C18H17BrFNO. The van der Waals surface area contributed by atoms with Crippen molar-refractivity contribution in [1.29, 1.82) is 0 Å². The van der Waals surface area contributed by atoms with E-state index in [0.717, 1.165) is 28.4 Å². The summed E-state index contributed by atoms with van der Waals surface area (Å²) >= 11 is 3.38. The monoisotopic (exact) mass is 361 g/mol. The summed E-state index contributed by atoms with van der Waals surface area (Å²) in [6.07, 6.45) is 2.46. The van der Waals surface area contributed by atoms with Crippen molar-refractivity contribution >= 4 is 21.8 Å². The van der Waals surface area contributed by atoms with E-state index < -0.39 is 0 Å². The standard InChI is InChI=1S/C18H17BrFNO/c19-15-5-1-13(2-6-15)11-17(22)21-12-18(9-10-18)14-3-7-16(20)8-4-14/h1-8H,9-12H2,(H,21,22). The van der Waals surface area contributed by atoms with Crippen molar-refractivity contribution in [2.75, 3.05) is 6.54 Å². The fourth-order valence-corrected chi connectivity index (χ4v) is 2.90. The van der Waals surface area contributed by atoms with E-state index in [0.29, 0.717) is 13.0 Å². The van der Waals surface area contributed by atoms with Gasteiger partial charge in [-0.05, 0) is 48.2 Å². The number of carbonyl (C=O) groups is 1. The number of carbonyl (C=O) groups excluding carboxylic acids is 1. The molecule has 4 heteroatoms. The predicted octanol–water partition coefficient (Wildman–Crippen LogP) is 3.98. The first-order valence-electron chi connectivity index (χ1n) is 7.35. The quantitative estimate of drug-likeness (QED) is 0.857. The van der Waals surface area contributed by atoms with Gasteiger partial charge in [0.2, 0.25) is 5.91 Å². The lowest BCUT2D eigenvalue weighted by atomic mass is 9.96. The van der Waals surface area contributed by atoms with E-state index in [1.807, 2.05) is 36.4 Å². The van der Waals surface area contributed by atoms with Gasteiger partial charge in [0.05, 0.1) is 6.42 Å². The van der Waals surface area contributed by atoms with Crippen LogP contribution in [0.4, 0.5) is 4.39 Å². The van der Waals surface area contributed by atoms with Gasteiger partial charge in [0.25, 0.3) is 0 Å². The van der Waals surface area contributed by atoms with Crippen molar-refractivity contribution in [3.8, 4) is 0 Å². The molecule has 0 aliphatic heterocycles. The number of halogens is 2.